The van der Waals surface area contributed by atoms with Gasteiger partial charge in [0, 0.05) is 40.1 Å². The molecule has 0 unspecified atom stereocenters. The zero-order chi connectivity index (χ0) is 49.5. The third-order valence-electron chi connectivity index (χ3n) is 11.4. The molecule has 1 saturated carbocycles. The number of hydrazone groups is 1. The highest BCUT2D eigenvalue weighted by Crippen LogP contribution is 2.62. The molecule has 0 radical (unpaired) electrons. The Morgan fingerprint density at radius 2 is 1.72 bits per heavy atom. The van der Waals surface area contributed by atoms with Gasteiger partial charge in [-0.1, -0.05) is 56.0 Å². The van der Waals surface area contributed by atoms with E-state index in [2.05, 4.69) is 46.9 Å². The lowest BCUT2D eigenvalue weighted by Crippen LogP contribution is -2.48. The van der Waals surface area contributed by atoms with E-state index in [0.717, 1.165) is 30.9 Å². The topological polar surface area (TPSA) is 205 Å². The van der Waals surface area contributed by atoms with Crippen molar-refractivity contribution in [3.05, 3.63) is 53.1 Å². The Balaban J connectivity index is 1.36. The molecule has 1 aliphatic carbocycles. The van der Waals surface area contributed by atoms with Crippen molar-refractivity contribution >= 4 is 52.3 Å². The van der Waals surface area contributed by atoms with Gasteiger partial charge in [-0.25, -0.2) is 19.8 Å². The first kappa shape index (κ1) is 53.3. The summed E-state index contributed by atoms with van der Waals surface area (Å²) in [6.07, 6.45) is 2.13. The van der Waals surface area contributed by atoms with E-state index in [9.17, 15) is 4.79 Å². The Labute approximate surface area is 401 Å². The number of fused-ring (bicyclic) bond motifs is 1. The second kappa shape index (κ2) is 22.4. The Hall–Kier alpha value is -4.02. The monoisotopic (exact) mass is 985 g/mol. The fourth-order valence-electron chi connectivity index (χ4n) is 8.05. The average Bonchev–Trinajstić information content (AvgIpc) is 3.92. The van der Waals surface area contributed by atoms with E-state index < -0.39 is 63.0 Å². The number of benzene rings is 1. The molecule has 2 aromatic heterocycles. The van der Waals surface area contributed by atoms with Crippen LogP contribution in [0.5, 0.6) is 0 Å². The Kier molecular flexibility index (Phi) is 17.5. The summed E-state index contributed by atoms with van der Waals surface area (Å²) in [6.45, 7) is 25.5. The Morgan fingerprint density at radius 1 is 1.04 bits per heavy atom. The fourth-order valence-corrected chi connectivity index (χ4v) is 10.9. The molecular weight excluding hydrogens is 914 g/mol. The van der Waals surface area contributed by atoms with Crippen molar-refractivity contribution in [3.8, 4) is 0 Å². The number of nitrogens with zero attached hydrogens (tertiary/aromatic N) is 9. The molecular formula is C46H72N9O11PSi. The molecule has 68 heavy (non-hydrogen) atoms. The highest BCUT2D eigenvalue weighted by Gasteiger charge is 2.60. The normalized spacial score (nSPS) is 21.6. The van der Waals surface area contributed by atoms with E-state index in [1.165, 1.54) is 16.9 Å². The van der Waals surface area contributed by atoms with Crippen molar-refractivity contribution in [2.45, 2.75) is 161 Å². The molecule has 376 valence electrons. The maximum Gasteiger partial charge on any atom is 0.416 e. The smallest absolute Gasteiger partial charge is 0.416 e. The van der Waals surface area contributed by atoms with Crippen LogP contribution >= 0.6 is 7.60 Å². The fraction of sp³-hybridized carbons (Fsp3) is 0.674. The summed E-state index contributed by atoms with van der Waals surface area (Å²) >= 11 is 0. The van der Waals surface area contributed by atoms with E-state index in [1.807, 2.05) is 64.1 Å². The molecule has 20 nitrogen and oxygen atoms in total. The van der Waals surface area contributed by atoms with Gasteiger partial charge in [-0.15, -0.1) is 15.0 Å². The molecule has 3 aliphatic rings. The molecule has 1 amide bonds. The van der Waals surface area contributed by atoms with Crippen molar-refractivity contribution in [1.29, 1.82) is 0 Å². The largest absolute Gasteiger partial charge is 0.443 e. The number of anilines is 2. The van der Waals surface area contributed by atoms with Crippen LogP contribution < -0.4 is 9.91 Å². The molecule has 22 heteroatoms. The van der Waals surface area contributed by atoms with Crippen LogP contribution in [0, 0.1) is 6.92 Å². The van der Waals surface area contributed by atoms with Crippen LogP contribution in [0.15, 0.2) is 35.4 Å². The Bertz CT molecular complexity index is 2230. The summed E-state index contributed by atoms with van der Waals surface area (Å²) in [5.74, 6) is 0.125. The van der Waals surface area contributed by atoms with Gasteiger partial charge in [-0.05, 0) is 97.5 Å². The van der Waals surface area contributed by atoms with Crippen molar-refractivity contribution in [3.63, 3.8) is 0 Å². The average molecular weight is 986 g/mol. The van der Waals surface area contributed by atoms with Gasteiger partial charge in [-0.2, -0.15) is 5.10 Å². The van der Waals surface area contributed by atoms with Crippen LogP contribution in [0.2, 0.25) is 25.7 Å². The lowest BCUT2D eigenvalue weighted by Gasteiger charge is -2.39. The van der Waals surface area contributed by atoms with Crippen LogP contribution in [0.1, 0.15) is 90.5 Å². The summed E-state index contributed by atoms with van der Waals surface area (Å²) in [5.41, 5.74) is 0.691. The molecule has 4 heterocycles. The van der Waals surface area contributed by atoms with Gasteiger partial charge in [0.05, 0.1) is 32.8 Å². The minimum atomic E-state index is -4.18. The summed E-state index contributed by atoms with van der Waals surface area (Å²) in [7, 11) is -4.03. The highest BCUT2D eigenvalue weighted by molar-refractivity contribution is 7.55. The van der Waals surface area contributed by atoms with Gasteiger partial charge in [0.15, 0.2) is 41.6 Å². The Morgan fingerprint density at radius 3 is 2.32 bits per heavy atom. The van der Waals surface area contributed by atoms with Gasteiger partial charge >= 0.3 is 13.7 Å². The number of hydrogen-bond acceptors (Lipinski definition) is 18. The minimum absolute atomic E-state index is 0.0455. The molecule has 0 bridgehead atoms. The van der Waals surface area contributed by atoms with Crippen molar-refractivity contribution in [2.75, 3.05) is 50.1 Å². The number of ether oxygens (including phenoxy) is 7. The molecule has 1 aromatic carbocycles. The van der Waals surface area contributed by atoms with Crippen LogP contribution in [0.4, 0.5) is 16.4 Å². The molecule has 0 N–H and O–H groups in total. The number of aromatic nitrogens is 6. The number of tetrazole rings is 1. The van der Waals surface area contributed by atoms with E-state index in [1.54, 1.807) is 38.7 Å². The third-order valence-corrected chi connectivity index (χ3v) is 15.8. The number of amides is 1. The van der Waals surface area contributed by atoms with E-state index >= 15 is 4.57 Å². The zero-order valence-electron chi connectivity index (χ0n) is 41.9. The molecule has 0 spiro atoms. The van der Waals surface area contributed by atoms with Crippen LogP contribution in [-0.4, -0.2) is 139 Å². The standard InChI is InChI=1S/C46H72N9O11PSi/c1-14-61-67(57,62-15-2)46(30-58-10,28-37-50-52-53(51-37)31-59-26-27-68(11,12)13)60-29-35-38-39(65-45(7,8)64-38)42(63-35)55(47-9)41-32(3)40(48-36(49-41)25-24-33-20-17-16-18-21-33)54(34-22-19-23-34)43(56)66-44(4,5)6/h16-18,20-21,24-25,34-35,38-39,42H,9,14-15,19,22-23,26-31H2,1-8,10-13H3/b25-24+/t35-,38-,39-,42-,46+/m1/s1. The van der Waals surface area contributed by atoms with E-state index in [0.29, 0.717) is 29.6 Å². The summed E-state index contributed by atoms with van der Waals surface area (Å²) in [6, 6.07) is 10.6. The first-order chi connectivity index (χ1) is 32.1. The van der Waals surface area contributed by atoms with Crippen molar-refractivity contribution in [2.24, 2.45) is 5.10 Å². The van der Waals surface area contributed by atoms with Gasteiger partial charge in [-0.3, -0.25) is 9.46 Å². The number of hydrogen-bond donors (Lipinski definition) is 0. The maximum atomic E-state index is 15.0. The highest BCUT2D eigenvalue weighted by atomic mass is 31.2. The SMILES string of the molecule is C=NN(c1nc(/C=C/c2ccccc2)nc(N(C(=O)OC(C)(C)C)C2CCC2)c1C)[C@@H]1O[C@H](CO[C@@](COC)(Cc2nnn(COCC[Si](C)(C)C)n2)P(=O)(OCC)OCC)[C@H]2OC(C)(C)O[C@H]21. The molecule has 3 fully saturated rings. The lowest BCUT2D eigenvalue weighted by atomic mass is 9.91. The van der Waals surface area contributed by atoms with Crippen molar-refractivity contribution < 1.29 is 51.6 Å². The van der Waals surface area contributed by atoms with Crippen LogP contribution in [0.25, 0.3) is 12.2 Å². The van der Waals surface area contributed by atoms with E-state index in [4.69, 9.17) is 52.2 Å². The predicted molar refractivity (Wildman–Crippen MR) is 260 cm³/mol. The summed E-state index contributed by atoms with van der Waals surface area (Å²) in [5, 5.41) is 17.3. The second-order valence-corrected chi connectivity index (χ2v) is 27.7. The minimum Gasteiger partial charge on any atom is -0.443 e. The van der Waals surface area contributed by atoms with Crippen molar-refractivity contribution in [1.82, 2.24) is 30.2 Å². The molecule has 2 aliphatic heterocycles. The quantitative estimate of drug-likeness (QED) is 0.0273. The molecule has 6 rings (SSSR count). The number of carbonyl (C=O) groups excluding carboxylic acids is 1. The lowest BCUT2D eigenvalue weighted by molar-refractivity contribution is -0.196. The predicted octanol–water partition coefficient (Wildman–Crippen LogP) is 8.08. The van der Waals surface area contributed by atoms with Crippen LogP contribution in [-0.2, 0) is 59.9 Å². The first-order valence-corrected chi connectivity index (χ1v) is 28.7. The van der Waals surface area contributed by atoms with Gasteiger partial charge < -0.3 is 42.2 Å². The summed E-state index contributed by atoms with van der Waals surface area (Å²) in [4.78, 5) is 27.1. The number of methoxy groups -OCH3 is 1. The first-order valence-electron chi connectivity index (χ1n) is 23.4. The maximum absolute atomic E-state index is 15.0. The number of carbonyl (C=O) groups is 1. The molecule has 5 atom stereocenters. The van der Waals surface area contributed by atoms with Gasteiger partial charge in [0.1, 0.15) is 29.7 Å². The van der Waals surface area contributed by atoms with Crippen LogP contribution in [0.3, 0.4) is 0 Å². The zero-order valence-corrected chi connectivity index (χ0v) is 43.8. The van der Waals surface area contributed by atoms with Gasteiger partial charge in [0.25, 0.3) is 0 Å². The van der Waals surface area contributed by atoms with E-state index in [-0.39, 0.29) is 51.4 Å². The number of rotatable bonds is 24. The van der Waals surface area contributed by atoms with Gasteiger partial charge in [0.2, 0.25) is 0 Å². The third kappa shape index (κ3) is 13.0. The molecule has 3 aromatic rings. The summed E-state index contributed by atoms with van der Waals surface area (Å²) < 4.78 is 71.3. The second-order valence-electron chi connectivity index (χ2n) is 19.8. The molecule has 2 saturated heterocycles.